The molecule has 0 fully saturated rings. The molecule has 19 heavy (non-hydrogen) atoms. The van der Waals surface area contributed by atoms with Gasteiger partial charge < -0.3 is 16.2 Å². The molecule has 0 heterocycles. The second-order valence-electron chi connectivity index (χ2n) is 5.51. The van der Waals surface area contributed by atoms with Crippen molar-refractivity contribution in [3.8, 4) is 5.75 Å². The molecule has 0 aliphatic rings. The highest BCUT2D eigenvalue weighted by molar-refractivity contribution is 9.10. The fraction of sp³-hybridized carbons (Fsp3) is 0.500. The van der Waals surface area contributed by atoms with Crippen LogP contribution in [0.4, 0.5) is 0 Å². The Labute approximate surface area is 122 Å². The van der Waals surface area contributed by atoms with Crippen LogP contribution in [0.25, 0.3) is 0 Å². The first-order valence-electron chi connectivity index (χ1n) is 6.12. The van der Waals surface area contributed by atoms with Crippen LogP contribution in [0.3, 0.4) is 0 Å². The quantitative estimate of drug-likeness (QED) is 0.842. The third-order valence-corrected chi connectivity index (χ3v) is 3.65. The van der Waals surface area contributed by atoms with E-state index in [1.807, 2.05) is 32.0 Å². The maximum absolute atomic E-state index is 11.0. The van der Waals surface area contributed by atoms with Crippen LogP contribution in [0.2, 0.25) is 0 Å². The summed E-state index contributed by atoms with van der Waals surface area (Å²) in [5.41, 5.74) is 12.2. The van der Waals surface area contributed by atoms with Gasteiger partial charge in [-0.25, -0.2) is 0 Å². The van der Waals surface area contributed by atoms with Crippen molar-refractivity contribution < 1.29 is 9.53 Å². The number of hydrogen-bond acceptors (Lipinski definition) is 3. The van der Waals surface area contributed by atoms with Crippen LogP contribution in [0.5, 0.6) is 5.75 Å². The van der Waals surface area contributed by atoms with Gasteiger partial charge in [-0.05, 0) is 45.5 Å². The van der Waals surface area contributed by atoms with Crippen LogP contribution in [0.1, 0.15) is 38.3 Å². The van der Waals surface area contributed by atoms with E-state index in [9.17, 15) is 4.79 Å². The van der Waals surface area contributed by atoms with Crippen LogP contribution in [-0.4, -0.2) is 13.0 Å². The van der Waals surface area contributed by atoms with Gasteiger partial charge in [-0.3, -0.25) is 4.79 Å². The zero-order valence-corrected chi connectivity index (χ0v) is 13.2. The minimum atomic E-state index is -0.298. The number of benzene rings is 1. The summed E-state index contributed by atoms with van der Waals surface area (Å²) in [5, 5.41) is 0. The molecule has 0 saturated carbocycles. The molecule has 5 heteroatoms. The fourth-order valence-electron chi connectivity index (χ4n) is 2.17. The number of primary amides is 1. The minimum Gasteiger partial charge on any atom is -0.496 e. The summed E-state index contributed by atoms with van der Waals surface area (Å²) >= 11 is 3.44. The summed E-state index contributed by atoms with van der Waals surface area (Å²) in [6.07, 6.45) is 1.02. The van der Waals surface area contributed by atoms with Crippen molar-refractivity contribution in [3.63, 3.8) is 0 Å². The predicted octanol–water partition coefficient (Wildman–Crippen LogP) is 2.75. The predicted molar refractivity (Wildman–Crippen MR) is 79.8 cm³/mol. The molecule has 1 rings (SSSR count). The third-order valence-electron chi connectivity index (χ3n) is 3.03. The SMILES string of the molecule is COc1ccc(C(N)CC(C)(C)CC(N)=O)cc1Br. The molecule has 0 bridgehead atoms. The Bertz CT molecular complexity index is 461. The zero-order valence-electron chi connectivity index (χ0n) is 11.6. The van der Waals surface area contributed by atoms with Gasteiger partial charge in [0.15, 0.2) is 0 Å². The molecule has 4 nitrogen and oxygen atoms in total. The Hall–Kier alpha value is -1.07. The van der Waals surface area contributed by atoms with E-state index in [1.165, 1.54) is 0 Å². The van der Waals surface area contributed by atoms with Gasteiger partial charge in [0.2, 0.25) is 5.91 Å². The van der Waals surface area contributed by atoms with E-state index in [4.69, 9.17) is 16.2 Å². The lowest BCUT2D eigenvalue weighted by Crippen LogP contribution is -2.27. The summed E-state index contributed by atoms with van der Waals surface area (Å²) < 4.78 is 6.06. The van der Waals surface area contributed by atoms with E-state index < -0.39 is 0 Å². The highest BCUT2D eigenvalue weighted by Crippen LogP contribution is 2.34. The van der Waals surface area contributed by atoms with Gasteiger partial charge in [0.1, 0.15) is 5.75 Å². The van der Waals surface area contributed by atoms with Gasteiger partial charge in [-0.2, -0.15) is 0 Å². The largest absolute Gasteiger partial charge is 0.496 e. The van der Waals surface area contributed by atoms with E-state index >= 15 is 0 Å². The molecule has 1 amide bonds. The lowest BCUT2D eigenvalue weighted by Gasteiger charge is -2.27. The molecule has 4 N–H and O–H groups in total. The Balaban J connectivity index is 2.80. The van der Waals surface area contributed by atoms with Gasteiger partial charge >= 0.3 is 0 Å². The standard InChI is InChI=1S/C14H21BrN2O2/c1-14(2,8-13(17)18)7-11(16)9-4-5-12(19-3)10(15)6-9/h4-6,11H,7-8,16H2,1-3H3,(H2,17,18). The Morgan fingerprint density at radius 2 is 2.11 bits per heavy atom. The zero-order chi connectivity index (χ0) is 14.6. The molecule has 0 aliphatic heterocycles. The number of amides is 1. The van der Waals surface area contributed by atoms with E-state index in [2.05, 4.69) is 15.9 Å². The number of carbonyl (C=O) groups is 1. The minimum absolute atomic E-state index is 0.142. The van der Waals surface area contributed by atoms with Crippen LogP contribution in [0, 0.1) is 5.41 Å². The molecule has 0 radical (unpaired) electrons. The van der Waals surface area contributed by atoms with Crippen molar-refractivity contribution in [3.05, 3.63) is 28.2 Å². The van der Waals surface area contributed by atoms with Crippen molar-refractivity contribution in [1.82, 2.24) is 0 Å². The summed E-state index contributed by atoms with van der Waals surface area (Å²) in [6.45, 7) is 3.99. The molecule has 1 aromatic rings. The van der Waals surface area contributed by atoms with Crippen molar-refractivity contribution in [2.75, 3.05) is 7.11 Å². The molecule has 106 valence electrons. The van der Waals surface area contributed by atoms with E-state index in [-0.39, 0.29) is 17.4 Å². The molecule has 0 saturated heterocycles. The highest BCUT2D eigenvalue weighted by Gasteiger charge is 2.24. The van der Waals surface area contributed by atoms with Gasteiger partial charge in [0.05, 0.1) is 11.6 Å². The molecule has 1 atom stereocenters. The topological polar surface area (TPSA) is 78.3 Å². The summed E-state index contributed by atoms with van der Waals surface area (Å²) in [6, 6.07) is 5.62. The van der Waals surface area contributed by atoms with Crippen LogP contribution >= 0.6 is 15.9 Å². The van der Waals surface area contributed by atoms with E-state index in [0.29, 0.717) is 12.8 Å². The number of carbonyl (C=O) groups excluding carboxylic acids is 1. The van der Waals surface area contributed by atoms with Crippen LogP contribution < -0.4 is 16.2 Å². The summed E-state index contributed by atoms with van der Waals surface area (Å²) in [4.78, 5) is 11.0. The molecule has 1 aromatic carbocycles. The number of methoxy groups -OCH3 is 1. The lowest BCUT2D eigenvalue weighted by molar-refractivity contribution is -0.120. The molecule has 0 spiro atoms. The first-order valence-corrected chi connectivity index (χ1v) is 6.92. The van der Waals surface area contributed by atoms with Gasteiger partial charge in [-0.15, -0.1) is 0 Å². The second kappa shape index (κ2) is 6.39. The molecule has 1 unspecified atom stereocenters. The van der Waals surface area contributed by atoms with Crippen molar-refractivity contribution in [2.24, 2.45) is 16.9 Å². The highest BCUT2D eigenvalue weighted by atomic mass is 79.9. The number of halogens is 1. The molecular formula is C14H21BrN2O2. The molecular weight excluding hydrogens is 308 g/mol. The van der Waals surface area contributed by atoms with Gasteiger partial charge in [0.25, 0.3) is 0 Å². The van der Waals surface area contributed by atoms with Crippen LogP contribution in [0.15, 0.2) is 22.7 Å². The Morgan fingerprint density at radius 3 is 2.58 bits per heavy atom. The van der Waals surface area contributed by atoms with Gasteiger partial charge in [-0.1, -0.05) is 19.9 Å². The van der Waals surface area contributed by atoms with E-state index in [1.54, 1.807) is 7.11 Å². The molecule has 0 aromatic heterocycles. The third kappa shape index (κ3) is 4.84. The second-order valence-corrected chi connectivity index (χ2v) is 6.37. The summed E-state index contributed by atoms with van der Waals surface area (Å²) in [7, 11) is 1.62. The number of hydrogen-bond donors (Lipinski definition) is 2. The average Bonchev–Trinajstić information content (AvgIpc) is 2.26. The van der Waals surface area contributed by atoms with E-state index in [0.717, 1.165) is 15.8 Å². The smallest absolute Gasteiger partial charge is 0.217 e. The van der Waals surface area contributed by atoms with Gasteiger partial charge in [0, 0.05) is 12.5 Å². The Kier molecular flexibility index (Phi) is 5.38. The van der Waals surface area contributed by atoms with Crippen molar-refractivity contribution >= 4 is 21.8 Å². The summed E-state index contributed by atoms with van der Waals surface area (Å²) in [5.74, 6) is 0.473. The van der Waals surface area contributed by atoms with Crippen molar-refractivity contribution in [1.29, 1.82) is 0 Å². The normalized spacial score (nSPS) is 13.1. The van der Waals surface area contributed by atoms with Crippen LogP contribution in [-0.2, 0) is 4.79 Å². The maximum Gasteiger partial charge on any atom is 0.217 e. The Morgan fingerprint density at radius 1 is 1.47 bits per heavy atom. The monoisotopic (exact) mass is 328 g/mol. The maximum atomic E-state index is 11.0. The first kappa shape index (κ1) is 16.0. The molecule has 0 aliphatic carbocycles. The number of ether oxygens (including phenoxy) is 1. The number of nitrogens with two attached hydrogens (primary N) is 2. The lowest BCUT2D eigenvalue weighted by atomic mass is 9.81. The first-order chi connectivity index (χ1) is 8.75. The fourth-order valence-corrected chi connectivity index (χ4v) is 2.73. The van der Waals surface area contributed by atoms with Crippen molar-refractivity contribution in [2.45, 2.75) is 32.7 Å². The average molecular weight is 329 g/mol. The number of rotatable bonds is 6.